The first-order chi connectivity index (χ1) is 7.68. The zero-order valence-corrected chi connectivity index (χ0v) is 8.81. The van der Waals surface area contributed by atoms with E-state index in [4.69, 9.17) is 0 Å². The van der Waals surface area contributed by atoms with Gasteiger partial charge in [-0.3, -0.25) is 5.32 Å². The number of aromatic nitrogens is 2. The molecule has 1 aliphatic carbocycles. The van der Waals surface area contributed by atoms with Crippen LogP contribution in [0.5, 0.6) is 0 Å². The van der Waals surface area contributed by atoms with Crippen molar-refractivity contribution in [3.63, 3.8) is 0 Å². The van der Waals surface area contributed by atoms with Gasteiger partial charge in [0, 0.05) is 12.7 Å². The Morgan fingerprint density at radius 2 is 2.38 bits per heavy atom. The third-order valence-electron chi connectivity index (χ3n) is 2.69. The molecule has 1 fully saturated rings. The molecule has 0 radical (unpaired) electrons. The Hall–Kier alpha value is -1.69. The van der Waals surface area contributed by atoms with Crippen molar-refractivity contribution in [1.82, 2.24) is 15.3 Å². The van der Waals surface area contributed by atoms with Crippen molar-refractivity contribution < 1.29 is 9.90 Å². The number of carbonyl (C=O) groups excluding carboxylic acids is 1. The van der Waals surface area contributed by atoms with E-state index in [2.05, 4.69) is 20.6 Å². The summed E-state index contributed by atoms with van der Waals surface area (Å²) < 4.78 is 0. The van der Waals surface area contributed by atoms with Crippen LogP contribution in [0.2, 0.25) is 0 Å². The van der Waals surface area contributed by atoms with Crippen molar-refractivity contribution in [1.29, 1.82) is 0 Å². The van der Waals surface area contributed by atoms with Gasteiger partial charge in [0.2, 0.25) is 0 Å². The standard InChI is InChI=1S/C10H14N4O2/c15-9(12-6-10(16)3-1-4-10)14-8-2-5-11-7-13-8/h2,5,7,16H,1,3-4,6H2,(H2,11,12,13,14,15). The van der Waals surface area contributed by atoms with Crippen LogP contribution in [0, 0.1) is 0 Å². The van der Waals surface area contributed by atoms with Gasteiger partial charge in [0.1, 0.15) is 12.1 Å². The minimum atomic E-state index is -0.705. The largest absolute Gasteiger partial charge is 0.388 e. The predicted octanol–water partition coefficient (Wildman–Crippen LogP) is 0.513. The van der Waals surface area contributed by atoms with Crippen LogP contribution in [0.1, 0.15) is 19.3 Å². The van der Waals surface area contributed by atoms with Gasteiger partial charge in [-0.1, -0.05) is 0 Å². The fourth-order valence-electron chi connectivity index (χ4n) is 1.53. The molecule has 0 unspecified atom stereocenters. The first-order valence-corrected chi connectivity index (χ1v) is 5.21. The lowest BCUT2D eigenvalue weighted by Gasteiger charge is -2.36. The molecule has 1 aromatic heterocycles. The molecule has 0 aliphatic heterocycles. The molecule has 2 rings (SSSR count). The first-order valence-electron chi connectivity index (χ1n) is 5.21. The van der Waals surface area contributed by atoms with Crippen LogP contribution in [0.15, 0.2) is 18.6 Å². The highest BCUT2D eigenvalue weighted by atomic mass is 16.3. The Morgan fingerprint density at radius 1 is 1.56 bits per heavy atom. The number of nitrogens with one attached hydrogen (secondary N) is 2. The second kappa shape index (κ2) is 4.44. The van der Waals surface area contributed by atoms with E-state index in [0.29, 0.717) is 5.82 Å². The highest BCUT2D eigenvalue weighted by Gasteiger charge is 2.34. The molecule has 0 bridgehead atoms. The Morgan fingerprint density at radius 3 is 2.94 bits per heavy atom. The fraction of sp³-hybridized carbons (Fsp3) is 0.500. The van der Waals surface area contributed by atoms with E-state index in [1.165, 1.54) is 6.33 Å². The number of anilines is 1. The third-order valence-corrected chi connectivity index (χ3v) is 2.69. The van der Waals surface area contributed by atoms with E-state index in [1.807, 2.05) is 0 Å². The van der Waals surface area contributed by atoms with Gasteiger partial charge in [-0.25, -0.2) is 14.8 Å². The van der Waals surface area contributed by atoms with Gasteiger partial charge >= 0.3 is 6.03 Å². The zero-order valence-electron chi connectivity index (χ0n) is 8.81. The summed E-state index contributed by atoms with van der Waals surface area (Å²) in [6, 6.07) is 1.23. The van der Waals surface area contributed by atoms with E-state index in [0.717, 1.165) is 19.3 Å². The van der Waals surface area contributed by atoms with Crippen LogP contribution >= 0.6 is 0 Å². The first kappa shape index (κ1) is 10.8. The molecule has 0 saturated heterocycles. The molecular weight excluding hydrogens is 208 g/mol. The average Bonchev–Trinajstić information content (AvgIpc) is 2.25. The van der Waals surface area contributed by atoms with Gasteiger partial charge in [0.25, 0.3) is 0 Å². The molecule has 0 spiro atoms. The predicted molar refractivity (Wildman–Crippen MR) is 57.9 cm³/mol. The Bertz CT molecular complexity index is 364. The summed E-state index contributed by atoms with van der Waals surface area (Å²) in [6.07, 6.45) is 5.42. The molecule has 3 N–H and O–H groups in total. The number of urea groups is 1. The smallest absolute Gasteiger partial charge is 0.320 e. The quantitative estimate of drug-likeness (QED) is 0.695. The molecule has 16 heavy (non-hydrogen) atoms. The third kappa shape index (κ3) is 2.66. The normalized spacial score (nSPS) is 17.3. The monoisotopic (exact) mass is 222 g/mol. The molecule has 6 nitrogen and oxygen atoms in total. The van der Waals surface area contributed by atoms with Crippen LogP contribution < -0.4 is 10.6 Å². The van der Waals surface area contributed by atoms with Crippen molar-refractivity contribution in [2.45, 2.75) is 24.9 Å². The Balaban J connectivity index is 1.76. The molecule has 0 aromatic carbocycles. The van der Waals surface area contributed by atoms with Gasteiger partial charge in [0.05, 0.1) is 5.60 Å². The van der Waals surface area contributed by atoms with Crippen LogP contribution in [-0.4, -0.2) is 33.3 Å². The molecule has 1 heterocycles. The summed E-state index contributed by atoms with van der Waals surface area (Å²) in [5.41, 5.74) is -0.705. The van der Waals surface area contributed by atoms with Crippen molar-refractivity contribution in [3.05, 3.63) is 18.6 Å². The van der Waals surface area contributed by atoms with Crippen LogP contribution in [-0.2, 0) is 0 Å². The summed E-state index contributed by atoms with van der Waals surface area (Å²) in [6.45, 7) is 0.282. The van der Waals surface area contributed by atoms with Crippen molar-refractivity contribution in [2.24, 2.45) is 0 Å². The number of hydrogen-bond donors (Lipinski definition) is 3. The summed E-state index contributed by atoms with van der Waals surface area (Å²) in [5, 5.41) is 14.9. The summed E-state index contributed by atoms with van der Waals surface area (Å²) in [4.78, 5) is 19.0. The summed E-state index contributed by atoms with van der Waals surface area (Å²) in [5.74, 6) is 0.438. The molecular formula is C10H14N4O2. The maximum Gasteiger partial charge on any atom is 0.320 e. The van der Waals surface area contributed by atoms with Crippen LogP contribution in [0.4, 0.5) is 10.6 Å². The van der Waals surface area contributed by atoms with E-state index in [1.54, 1.807) is 12.3 Å². The molecule has 86 valence electrons. The highest BCUT2D eigenvalue weighted by molar-refractivity contribution is 5.88. The summed E-state index contributed by atoms with van der Waals surface area (Å²) >= 11 is 0. The second-order valence-electron chi connectivity index (χ2n) is 3.98. The van der Waals surface area contributed by atoms with E-state index in [-0.39, 0.29) is 12.6 Å². The summed E-state index contributed by atoms with van der Waals surface area (Å²) in [7, 11) is 0. The second-order valence-corrected chi connectivity index (χ2v) is 3.98. The lowest BCUT2D eigenvalue weighted by Crippen LogP contribution is -2.48. The molecule has 1 saturated carbocycles. The zero-order chi connectivity index (χ0) is 11.4. The number of carbonyl (C=O) groups is 1. The molecule has 0 atom stereocenters. The lowest BCUT2D eigenvalue weighted by molar-refractivity contribution is -0.0287. The molecule has 1 aromatic rings. The molecule has 6 heteroatoms. The fourth-order valence-corrected chi connectivity index (χ4v) is 1.53. The number of rotatable bonds is 3. The van der Waals surface area contributed by atoms with E-state index >= 15 is 0 Å². The Kier molecular flexibility index (Phi) is 3.00. The van der Waals surface area contributed by atoms with E-state index < -0.39 is 5.60 Å². The van der Waals surface area contributed by atoms with Crippen molar-refractivity contribution in [3.8, 4) is 0 Å². The minimum Gasteiger partial charge on any atom is -0.388 e. The van der Waals surface area contributed by atoms with E-state index in [9.17, 15) is 9.90 Å². The van der Waals surface area contributed by atoms with Gasteiger partial charge in [0.15, 0.2) is 0 Å². The van der Waals surface area contributed by atoms with Crippen molar-refractivity contribution in [2.75, 3.05) is 11.9 Å². The Labute approximate surface area is 93.1 Å². The highest BCUT2D eigenvalue weighted by Crippen LogP contribution is 2.30. The molecule has 2 amide bonds. The van der Waals surface area contributed by atoms with Gasteiger partial charge in [-0.2, -0.15) is 0 Å². The van der Waals surface area contributed by atoms with Crippen molar-refractivity contribution >= 4 is 11.8 Å². The number of hydrogen-bond acceptors (Lipinski definition) is 4. The lowest BCUT2D eigenvalue weighted by atomic mass is 9.80. The minimum absolute atomic E-state index is 0.282. The maximum atomic E-state index is 11.4. The van der Waals surface area contributed by atoms with Gasteiger partial charge < -0.3 is 10.4 Å². The number of amides is 2. The van der Waals surface area contributed by atoms with Gasteiger partial charge in [-0.05, 0) is 25.3 Å². The maximum absolute atomic E-state index is 11.4. The molecule has 1 aliphatic rings. The number of aliphatic hydroxyl groups is 1. The average molecular weight is 222 g/mol. The van der Waals surface area contributed by atoms with Gasteiger partial charge in [-0.15, -0.1) is 0 Å². The van der Waals surface area contributed by atoms with Crippen LogP contribution in [0.3, 0.4) is 0 Å². The van der Waals surface area contributed by atoms with Crippen LogP contribution in [0.25, 0.3) is 0 Å². The topological polar surface area (TPSA) is 87.1 Å². The number of nitrogens with zero attached hydrogens (tertiary/aromatic N) is 2. The SMILES string of the molecule is O=C(NCC1(O)CCC1)Nc1ccncn1.